The van der Waals surface area contributed by atoms with Crippen molar-refractivity contribution in [2.75, 3.05) is 0 Å². The molecule has 148 valence electrons. The maximum atomic E-state index is 13.8. The molecule has 0 spiro atoms. The van der Waals surface area contributed by atoms with Crippen molar-refractivity contribution < 1.29 is 35.2 Å². The van der Waals surface area contributed by atoms with Crippen molar-refractivity contribution in [2.45, 2.75) is 24.9 Å². The van der Waals surface area contributed by atoms with Crippen LogP contribution in [0.25, 0.3) is 22.4 Å². The normalized spacial score (nSPS) is 13.0. The summed E-state index contributed by atoms with van der Waals surface area (Å²) in [6, 6.07) is 15.4. The van der Waals surface area contributed by atoms with E-state index in [0.717, 1.165) is 18.1 Å². The predicted molar refractivity (Wildman–Crippen MR) is 87.0 cm³/mol. The Balaban J connectivity index is 1.97. The number of rotatable bonds is 4. The number of halogens is 7. The minimum atomic E-state index is -6.46. The number of aryl methyl sites for hydroxylation is 1. The Labute approximate surface area is 154 Å². The predicted octanol–water partition coefficient (Wildman–Crippen LogP) is 6.61. The Morgan fingerprint density at radius 3 is 1.75 bits per heavy atom. The van der Waals surface area contributed by atoms with E-state index in [0.29, 0.717) is 0 Å². The first-order valence-electron chi connectivity index (χ1n) is 7.91. The fourth-order valence-electron chi connectivity index (χ4n) is 2.56. The van der Waals surface area contributed by atoms with E-state index in [1.165, 1.54) is 12.1 Å². The third kappa shape index (κ3) is 3.25. The van der Waals surface area contributed by atoms with Crippen molar-refractivity contribution >= 4 is 0 Å². The van der Waals surface area contributed by atoms with Gasteiger partial charge in [-0.2, -0.15) is 30.7 Å². The highest BCUT2D eigenvalue weighted by Gasteiger charge is 2.75. The van der Waals surface area contributed by atoms with Crippen molar-refractivity contribution in [1.82, 2.24) is 4.98 Å². The van der Waals surface area contributed by atoms with E-state index in [1.54, 1.807) is 12.1 Å². The lowest BCUT2D eigenvalue weighted by Gasteiger charge is -2.25. The SMILES string of the molecule is Cc1oc(C(F)(F)C(F)(F)C(F)(F)F)nc1-c1ccc(-c2ccccc2)cc1. The van der Waals surface area contributed by atoms with Gasteiger partial charge in [-0.15, -0.1) is 0 Å². The third-order valence-electron chi connectivity index (χ3n) is 4.08. The van der Waals surface area contributed by atoms with E-state index in [1.807, 2.05) is 30.3 Å². The molecule has 1 heterocycles. The molecular weight excluding hydrogens is 391 g/mol. The highest BCUT2D eigenvalue weighted by atomic mass is 19.4. The third-order valence-corrected chi connectivity index (χ3v) is 4.08. The quantitative estimate of drug-likeness (QED) is 0.459. The molecule has 0 atom stereocenters. The Bertz CT molecular complexity index is 960. The Hall–Kier alpha value is -2.84. The van der Waals surface area contributed by atoms with E-state index >= 15 is 0 Å². The van der Waals surface area contributed by atoms with Gasteiger partial charge in [-0.25, -0.2) is 4.98 Å². The summed E-state index contributed by atoms with van der Waals surface area (Å²) in [4.78, 5) is 3.24. The number of hydrogen-bond donors (Lipinski definition) is 0. The van der Waals surface area contributed by atoms with Gasteiger partial charge in [0.2, 0.25) is 0 Å². The van der Waals surface area contributed by atoms with E-state index in [9.17, 15) is 30.7 Å². The number of hydrogen-bond acceptors (Lipinski definition) is 2. The highest BCUT2D eigenvalue weighted by molar-refractivity contribution is 5.69. The lowest BCUT2D eigenvalue weighted by molar-refractivity contribution is -0.364. The molecular formula is C19H12F7NO. The molecule has 0 fully saturated rings. The maximum absolute atomic E-state index is 13.8. The van der Waals surface area contributed by atoms with Gasteiger partial charge in [0.15, 0.2) is 0 Å². The second kappa shape index (κ2) is 6.65. The van der Waals surface area contributed by atoms with E-state index in [2.05, 4.69) is 9.40 Å². The second-order valence-electron chi connectivity index (χ2n) is 6.01. The molecule has 0 saturated carbocycles. The number of benzene rings is 2. The largest absolute Gasteiger partial charge is 0.460 e. The van der Waals surface area contributed by atoms with E-state index in [-0.39, 0.29) is 17.0 Å². The second-order valence-corrected chi connectivity index (χ2v) is 6.01. The molecule has 0 radical (unpaired) electrons. The molecule has 2 aromatic carbocycles. The van der Waals surface area contributed by atoms with Gasteiger partial charge in [0.05, 0.1) is 0 Å². The molecule has 0 N–H and O–H groups in total. The standard InChI is InChI=1S/C19H12F7NO/c1-11-15(14-9-7-13(8-10-14)12-5-3-2-4-6-12)27-16(28-11)17(20,21)18(22,23)19(24,25)26/h2-10H,1H3. The smallest absolute Gasteiger partial charge is 0.440 e. The van der Waals surface area contributed by atoms with Crippen LogP contribution in [0.1, 0.15) is 11.7 Å². The Kier molecular flexibility index (Phi) is 4.73. The van der Waals surface area contributed by atoms with Crippen LogP contribution in [0.5, 0.6) is 0 Å². The summed E-state index contributed by atoms with van der Waals surface area (Å²) < 4.78 is 95.5. The Morgan fingerprint density at radius 2 is 1.21 bits per heavy atom. The summed E-state index contributed by atoms with van der Waals surface area (Å²) in [5.41, 5.74) is 1.66. The summed E-state index contributed by atoms with van der Waals surface area (Å²) in [7, 11) is 0. The molecule has 0 saturated heterocycles. The Morgan fingerprint density at radius 1 is 0.714 bits per heavy atom. The van der Waals surface area contributed by atoms with Crippen molar-refractivity contribution in [3.05, 3.63) is 66.2 Å². The summed E-state index contributed by atoms with van der Waals surface area (Å²) in [5.74, 6) is -14.3. The molecule has 0 bridgehead atoms. The number of oxazole rings is 1. The van der Waals surface area contributed by atoms with Crippen molar-refractivity contribution in [3.63, 3.8) is 0 Å². The average molecular weight is 403 g/mol. The lowest BCUT2D eigenvalue weighted by Crippen LogP contribution is -2.50. The van der Waals surface area contributed by atoms with Crippen molar-refractivity contribution in [2.24, 2.45) is 0 Å². The van der Waals surface area contributed by atoms with Gasteiger partial charge in [-0.05, 0) is 18.1 Å². The molecule has 9 heteroatoms. The minimum Gasteiger partial charge on any atom is -0.440 e. The number of alkyl halides is 7. The van der Waals surface area contributed by atoms with Crippen LogP contribution in [0.3, 0.4) is 0 Å². The van der Waals surface area contributed by atoms with Crippen LogP contribution in [0.4, 0.5) is 30.7 Å². The summed E-state index contributed by atoms with van der Waals surface area (Å²) in [5, 5.41) is 0. The zero-order valence-electron chi connectivity index (χ0n) is 14.2. The summed E-state index contributed by atoms with van der Waals surface area (Å²) >= 11 is 0. The van der Waals surface area contributed by atoms with Gasteiger partial charge < -0.3 is 4.42 Å². The van der Waals surface area contributed by atoms with Crippen LogP contribution in [0.15, 0.2) is 59.0 Å². The van der Waals surface area contributed by atoms with Crippen LogP contribution in [0, 0.1) is 6.92 Å². The van der Waals surface area contributed by atoms with Gasteiger partial charge in [-0.3, -0.25) is 0 Å². The van der Waals surface area contributed by atoms with Gasteiger partial charge in [0.25, 0.3) is 5.89 Å². The van der Waals surface area contributed by atoms with Crippen molar-refractivity contribution in [3.8, 4) is 22.4 Å². The van der Waals surface area contributed by atoms with Crippen molar-refractivity contribution in [1.29, 1.82) is 0 Å². The molecule has 0 unspecified atom stereocenters. The topological polar surface area (TPSA) is 26.0 Å². The zero-order chi connectivity index (χ0) is 20.7. The van der Waals surface area contributed by atoms with Gasteiger partial charge in [-0.1, -0.05) is 54.6 Å². The van der Waals surface area contributed by atoms with Crippen LogP contribution in [-0.2, 0) is 5.92 Å². The van der Waals surface area contributed by atoms with Gasteiger partial charge in [0, 0.05) is 5.56 Å². The fourth-order valence-corrected chi connectivity index (χ4v) is 2.56. The average Bonchev–Trinajstić information content (AvgIpc) is 3.04. The first kappa shape index (κ1) is 19.9. The van der Waals surface area contributed by atoms with Gasteiger partial charge >= 0.3 is 18.0 Å². The van der Waals surface area contributed by atoms with E-state index in [4.69, 9.17) is 0 Å². The molecule has 28 heavy (non-hydrogen) atoms. The zero-order valence-corrected chi connectivity index (χ0v) is 14.2. The molecule has 3 aromatic rings. The van der Waals surface area contributed by atoms with E-state index < -0.39 is 23.9 Å². The lowest BCUT2D eigenvalue weighted by atomic mass is 10.0. The number of aromatic nitrogens is 1. The monoisotopic (exact) mass is 403 g/mol. The minimum absolute atomic E-state index is 0.235. The molecule has 1 aromatic heterocycles. The summed E-state index contributed by atoms with van der Waals surface area (Å²) in [6.07, 6.45) is -6.46. The molecule has 2 nitrogen and oxygen atoms in total. The van der Waals surface area contributed by atoms with Crippen LogP contribution in [-0.4, -0.2) is 17.1 Å². The summed E-state index contributed by atoms with van der Waals surface area (Å²) in [6.45, 7) is 1.15. The maximum Gasteiger partial charge on any atom is 0.460 e. The molecule has 0 aliphatic rings. The molecule has 3 rings (SSSR count). The molecule has 0 aliphatic carbocycles. The first-order chi connectivity index (χ1) is 12.9. The van der Waals surface area contributed by atoms with Crippen LogP contribution >= 0.6 is 0 Å². The highest BCUT2D eigenvalue weighted by Crippen LogP contribution is 2.52. The fraction of sp³-hybridized carbons (Fsp3) is 0.211. The first-order valence-corrected chi connectivity index (χ1v) is 7.91. The number of nitrogens with zero attached hydrogens (tertiary/aromatic N) is 1. The van der Waals surface area contributed by atoms with Crippen LogP contribution < -0.4 is 0 Å². The van der Waals surface area contributed by atoms with Crippen LogP contribution in [0.2, 0.25) is 0 Å². The van der Waals surface area contributed by atoms with Gasteiger partial charge in [0.1, 0.15) is 11.5 Å². The molecule has 0 aliphatic heterocycles. The molecule has 0 amide bonds.